The van der Waals surface area contributed by atoms with E-state index in [1.165, 1.54) is 16.7 Å². The van der Waals surface area contributed by atoms with Crippen molar-refractivity contribution in [3.63, 3.8) is 0 Å². The van der Waals surface area contributed by atoms with Crippen LogP contribution in [0.15, 0.2) is 46.9 Å². The molecule has 0 amide bonds. The summed E-state index contributed by atoms with van der Waals surface area (Å²) in [6.07, 6.45) is 2.30. The van der Waals surface area contributed by atoms with Gasteiger partial charge in [0.05, 0.1) is 6.61 Å². The monoisotopic (exact) mass is 331 g/mol. The fraction of sp³-hybridized carbons (Fsp3) is 0.294. The summed E-state index contributed by atoms with van der Waals surface area (Å²) in [4.78, 5) is 0. The lowest BCUT2D eigenvalue weighted by atomic mass is 10.1. The van der Waals surface area contributed by atoms with Crippen LogP contribution < -0.4 is 5.32 Å². The molecule has 0 saturated carbocycles. The van der Waals surface area contributed by atoms with Crippen molar-refractivity contribution < 1.29 is 5.11 Å². The molecule has 20 heavy (non-hydrogen) atoms. The van der Waals surface area contributed by atoms with Crippen molar-refractivity contribution in [1.82, 2.24) is 5.32 Å². The van der Waals surface area contributed by atoms with Crippen molar-refractivity contribution in [2.75, 3.05) is 0 Å². The van der Waals surface area contributed by atoms with Crippen LogP contribution in [-0.2, 0) is 19.6 Å². The minimum Gasteiger partial charge on any atom is -0.392 e. The molecule has 0 aromatic heterocycles. The molecule has 0 saturated heterocycles. The second-order valence-corrected chi connectivity index (χ2v) is 6.21. The van der Waals surface area contributed by atoms with E-state index in [0.29, 0.717) is 6.04 Å². The summed E-state index contributed by atoms with van der Waals surface area (Å²) in [6.45, 7) is 0.947. The van der Waals surface area contributed by atoms with Crippen molar-refractivity contribution in [3.8, 4) is 0 Å². The highest BCUT2D eigenvalue weighted by Gasteiger charge is 2.21. The minimum absolute atomic E-state index is 0.105. The number of nitrogens with one attached hydrogen (secondary N) is 1. The third-order valence-electron chi connectivity index (χ3n) is 3.91. The number of aryl methyl sites for hydroxylation is 1. The van der Waals surface area contributed by atoms with Crippen molar-refractivity contribution in [3.05, 3.63) is 69.2 Å². The van der Waals surface area contributed by atoms with Crippen molar-refractivity contribution in [2.45, 2.75) is 32.0 Å². The summed E-state index contributed by atoms with van der Waals surface area (Å²) >= 11 is 3.53. The van der Waals surface area contributed by atoms with Crippen LogP contribution in [0.2, 0.25) is 0 Å². The first-order chi connectivity index (χ1) is 9.76. The molecule has 1 unspecified atom stereocenters. The molecule has 1 aliphatic carbocycles. The van der Waals surface area contributed by atoms with Crippen LogP contribution in [-0.4, -0.2) is 5.11 Å². The Morgan fingerprint density at radius 3 is 2.85 bits per heavy atom. The summed E-state index contributed by atoms with van der Waals surface area (Å²) in [5.41, 5.74) is 5.06. The Kier molecular flexibility index (Phi) is 4.20. The Hall–Kier alpha value is -1.16. The van der Waals surface area contributed by atoms with Crippen LogP contribution in [0.4, 0.5) is 0 Å². The lowest BCUT2D eigenvalue weighted by molar-refractivity contribution is 0.281. The van der Waals surface area contributed by atoms with Gasteiger partial charge in [0, 0.05) is 17.1 Å². The number of hydrogen-bond acceptors (Lipinski definition) is 2. The van der Waals surface area contributed by atoms with E-state index in [4.69, 9.17) is 0 Å². The Balaban J connectivity index is 1.68. The normalized spacial score (nSPS) is 17.2. The van der Waals surface area contributed by atoms with Crippen LogP contribution in [0.25, 0.3) is 0 Å². The van der Waals surface area contributed by atoms with Gasteiger partial charge in [0.25, 0.3) is 0 Å². The van der Waals surface area contributed by atoms with E-state index in [1.807, 2.05) is 12.1 Å². The molecule has 2 N–H and O–H groups in total. The highest BCUT2D eigenvalue weighted by atomic mass is 79.9. The third kappa shape index (κ3) is 2.95. The van der Waals surface area contributed by atoms with Crippen molar-refractivity contribution in [2.24, 2.45) is 0 Å². The first-order valence-electron chi connectivity index (χ1n) is 6.96. The fourth-order valence-electron chi connectivity index (χ4n) is 2.88. The fourth-order valence-corrected chi connectivity index (χ4v) is 3.29. The summed E-state index contributed by atoms with van der Waals surface area (Å²) in [6, 6.07) is 15.1. The zero-order valence-electron chi connectivity index (χ0n) is 11.3. The van der Waals surface area contributed by atoms with Gasteiger partial charge >= 0.3 is 0 Å². The van der Waals surface area contributed by atoms with Crippen molar-refractivity contribution in [1.29, 1.82) is 0 Å². The van der Waals surface area contributed by atoms with Gasteiger partial charge in [-0.15, -0.1) is 0 Å². The molecular weight excluding hydrogens is 314 g/mol. The molecule has 104 valence electrons. The Morgan fingerprint density at radius 1 is 1.15 bits per heavy atom. The molecule has 0 radical (unpaired) electrons. The molecule has 1 aliphatic rings. The van der Waals surface area contributed by atoms with Gasteiger partial charge in [-0.25, -0.2) is 0 Å². The number of aliphatic hydroxyl groups is 1. The smallest absolute Gasteiger partial charge is 0.0681 e. The average Bonchev–Trinajstić information content (AvgIpc) is 2.87. The molecule has 0 spiro atoms. The maximum atomic E-state index is 9.17. The molecule has 2 aromatic rings. The Morgan fingerprint density at radius 2 is 2.00 bits per heavy atom. The first kappa shape index (κ1) is 13.8. The van der Waals surface area contributed by atoms with Gasteiger partial charge in [0.1, 0.15) is 0 Å². The Labute approximate surface area is 128 Å². The number of hydrogen-bond donors (Lipinski definition) is 2. The molecule has 0 heterocycles. The van der Waals surface area contributed by atoms with Crippen molar-refractivity contribution >= 4 is 15.9 Å². The van der Waals surface area contributed by atoms with E-state index < -0.39 is 0 Å². The molecule has 3 rings (SSSR count). The minimum atomic E-state index is 0.105. The molecule has 0 bridgehead atoms. The molecule has 3 heteroatoms. The van der Waals surface area contributed by atoms with Crippen LogP contribution >= 0.6 is 15.9 Å². The standard InChI is InChI=1S/C17H18BrNO/c18-15-5-6-16-14(9-15)4-7-17(16)19-10-12-2-1-3-13(8-12)11-20/h1-3,5-6,8-9,17,19-20H,4,7,10-11H2. The third-order valence-corrected chi connectivity index (χ3v) is 4.40. The molecule has 0 aliphatic heterocycles. The number of aliphatic hydroxyl groups excluding tert-OH is 1. The lowest BCUT2D eigenvalue weighted by Crippen LogP contribution is -2.18. The maximum absolute atomic E-state index is 9.17. The van der Waals surface area contributed by atoms with Gasteiger partial charge in [0.15, 0.2) is 0 Å². The predicted octanol–water partition coefficient (Wildman–Crippen LogP) is 3.72. The summed E-state index contributed by atoms with van der Waals surface area (Å²) < 4.78 is 1.16. The van der Waals surface area contributed by atoms with Gasteiger partial charge < -0.3 is 10.4 Å². The maximum Gasteiger partial charge on any atom is 0.0681 e. The molecule has 0 fully saturated rings. The largest absolute Gasteiger partial charge is 0.392 e. The number of rotatable bonds is 4. The number of halogens is 1. The van der Waals surface area contributed by atoms with Crippen LogP contribution in [0.5, 0.6) is 0 Å². The second kappa shape index (κ2) is 6.08. The van der Waals surface area contributed by atoms with E-state index >= 15 is 0 Å². The number of benzene rings is 2. The molecule has 2 nitrogen and oxygen atoms in total. The van der Waals surface area contributed by atoms with Gasteiger partial charge in [-0.2, -0.15) is 0 Å². The Bertz CT molecular complexity index is 612. The zero-order chi connectivity index (χ0) is 13.9. The topological polar surface area (TPSA) is 32.3 Å². The summed E-state index contributed by atoms with van der Waals surface area (Å²) in [5, 5.41) is 12.8. The van der Waals surface area contributed by atoms with E-state index in [1.54, 1.807) is 0 Å². The van der Waals surface area contributed by atoms with Gasteiger partial charge in [-0.05, 0) is 47.2 Å². The van der Waals surface area contributed by atoms with E-state index in [9.17, 15) is 5.11 Å². The van der Waals surface area contributed by atoms with Crippen LogP contribution in [0.3, 0.4) is 0 Å². The number of fused-ring (bicyclic) bond motifs is 1. The molecular formula is C17H18BrNO. The van der Waals surface area contributed by atoms with E-state index in [0.717, 1.165) is 29.4 Å². The summed E-state index contributed by atoms with van der Waals surface area (Å²) in [5.74, 6) is 0. The quantitative estimate of drug-likeness (QED) is 0.894. The highest BCUT2D eigenvalue weighted by Crippen LogP contribution is 2.33. The first-order valence-corrected chi connectivity index (χ1v) is 7.76. The van der Waals surface area contributed by atoms with E-state index in [2.05, 4.69) is 51.6 Å². The molecule has 1 atom stereocenters. The predicted molar refractivity (Wildman–Crippen MR) is 84.4 cm³/mol. The van der Waals surface area contributed by atoms with E-state index in [-0.39, 0.29) is 6.61 Å². The van der Waals surface area contributed by atoms with Crippen LogP contribution in [0.1, 0.15) is 34.7 Å². The van der Waals surface area contributed by atoms with Crippen LogP contribution in [0, 0.1) is 0 Å². The van der Waals surface area contributed by atoms with Gasteiger partial charge in [0.2, 0.25) is 0 Å². The lowest BCUT2D eigenvalue weighted by Gasteiger charge is -2.14. The SMILES string of the molecule is OCc1cccc(CNC2CCc3cc(Br)ccc32)c1. The second-order valence-electron chi connectivity index (χ2n) is 5.29. The van der Waals surface area contributed by atoms with Gasteiger partial charge in [-0.1, -0.05) is 46.3 Å². The molecule has 2 aromatic carbocycles. The summed E-state index contributed by atoms with van der Waals surface area (Å²) in [7, 11) is 0. The highest BCUT2D eigenvalue weighted by molar-refractivity contribution is 9.10. The zero-order valence-corrected chi connectivity index (χ0v) is 12.9. The van der Waals surface area contributed by atoms with Gasteiger partial charge in [-0.3, -0.25) is 0 Å². The average molecular weight is 332 g/mol.